The predicted octanol–water partition coefficient (Wildman–Crippen LogP) is 4.36. The normalized spacial score (nSPS) is 19.8. The Balaban J connectivity index is 0.00000208. The van der Waals surface area contributed by atoms with Crippen LogP contribution in [0.5, 0.6) is 5.75 Å². The highest BCUT2D eigenvalue weighted by Crippen LogP contribution is 2.27. The molecule has 0 heterocycles. The SMILES string of the molecule is I.NC(=NCc1ccccc1OC1CCCC1)NC1CCCCC1. The van der Waals surface area contributed by atoms with Crippen LogP contribution in [0.2, 0.25) is 0 Å². The molecule has 3 N–H and O–H groups in total. The van der Waals surface area contributed by atoms with E-state index in [4.69, 9.17) is 10.5 Å². The second kappa shape index (κ2) is 10.1. The largest absolute Gasteiger partial charge is 0.490 e. The van der Waals surface area contributed by atoms with Gasteiger partial charge in [0.05, 0.1) is 12.6 Å². The number of nitrogens with zero attached hydrogens (tertiary/aromatic N) is 1. The summed E-state index contributed by atoms with van der Waals surface area (Å²) in [7, 11) is 0. The average molecular weight is 443 g/mol. The number of halogens is 1. The fourth-order valence-electron chi connectivity index (χ4n) is 3.61. The second-order valence-electron chi connectivity index (χ2n) is 6.81. The van der Waals surface area contributed by atoms with Crippen molar-refractivity contribution in [3.63, 3.8) is 0 Å². The number of nitrogens with two attached hydrogens (primary N) is 1. The van der Waals surface area contributed by atoms with Crippen LogP contribution in [0.3, 0.4) is 0 Å². The van der Waals surface area contributed by atoms with Crippen LogP contribution in [-0.2, 0) is 6.54 Å². The number of aliphatic imine (C=N–C) groups is 1. The Labute approximate surface area is 162 Å². The summed E-state index contributed by atoms with van der Waals surface area (Å²) >= 11 is 0. The van der Waals surface area contributed by atoms with Gasteiger partial charge in [-0.1, -0.05) is 37.5 Å². The number of benzene rings is 1. The number of para-hydroxylation sites is 1. The first-order chi connectivity index (χ1) is 11.3. The number of guanidine groups is 1. The number of rotatable bonds is 5. The van der Waals surface area contributed by atoms with Crippen molar-refractivity contribution in [2.45, 2.75) is 76.5 Å². The Kier molecular flexibility index (Phi) is 8.15. The first-order valence-corrected chi connectivity index (χ1v) is 9.12. The molecule has 0 unspecified atom stereocenters. The molecule has 0 bridgehead atoms. The maximum absolute atomic E-state index is 6.16. The zero-order valence-electron chi connectivity index (χ0n) is 14.4. The summed E-state index contributed by atoms with van der Waals surface area (Å²) in [5.41, 5.74) is 7.18. The molecule has 2 aliphatic carbocycles. The molecule has 134 valence electrons. The highest BCUT2D eigenvalue weighted by Gasteiger charge is 2.18. The molecule has 3 rings (SSSR count). The Morgan fingerprint density at radius 1 is 1.04 bits per heavy atom. The maximum atomic E-state index is 6.16. The molecular formula is C19H30IN3O. The summed E-state index contributed by atoms with van der Waals surface area (Å²) in [6, 6.07) is 8.70. The minimum Gasteiger partial charge on any atom is -0.490 e. The fourth-order valence-corrected chi connectivity index (χ4v) is 3.61. The molecule has 0 spiro atoms. The minimum atomic E-state index is 0. The van der Waals surface area contributed by atoms with Crippen LogP contribution in [0.15, 0.2) is 29.3 Å². The molecule has 4 nitrogen and oxygen atoms in total. The van der Waals surface area contributed by atoms with Crippen LogP contribution in [-0.4, -0.2) is 18.1 Å². The number of hydrogen-bond acceptors (Lipinski definition) is 2. The summed E-state index contributed by atoms with van der Waals surface area (Å²) in [6.07, 6.45) is 11.6. The molecule has 2 saturated carbocycles. The zero-order valence-corrected chi connectivity index (χ0v) is 16.7. The summed E-state index contributed by atoms with van der Waals surface area (Å²) in [5.74, 6) is 1.53. The molecule has 0 atom stereocenters. The molecular weight excluding hydrogens is 413 g/mol. The van der Waals surface area contributed by atoms with Gasteiger partial charge in [-0.3, -0.25) is 0 Å². The minimum absolute atomic E-state index is 0. The van der Waals surface area contributed by atoms with E-state index >= 15 is 0 Å². The summed E-state index contributed by atoms with van der Waals surface area (Å²) in [6.45, 7) is 0.578. The van der Waals surface area contributed by atoms with Gasteiger partial charge in [-0.05, 0) is 44.6 Å². The van der Waals surface area contributed by atoms with Crippen LogP contribution in [0, 0.1) is 0 Å². The van der Waals surface area contributed by atoms with Crippen molar-refractivity contribution < 1.29 is 4.74 Å². The second-order valence-corrected chi connectivity index (χ2v) is 6.81. The quantitative estimate of drug-likeness (QED) is 0.404. The van der Waals surface area contributed by atoms with Gasteiger partial charge >= 0.3 is 0 Å². The molecule has 2 aliphatic rings. The summed E-state index contributed by atoms with van der Waals surface area (Å²) < 4.78 is 6.16. The lowest BCUT2D eigenvalue weighted by atomic mass is 9.96. The van der Waals surface area contributed by atoms with E-state index in [9.17, 15) is 0 Å². The van der Waals surface area contributed by atoms with Crippen LogP contribution in [0.4, 0.5) is 0 Å². The van der Waals surface area contributed by atoms with E-state index in [-0.39, 0.29) is 24.0 Å². The number of ether oxygens (including phenoxy) is 1. The van der Waals surface area contributed by atoms with Crippen LogP contribution >= 0.6 is 24.0 Å². The lowest BCUT2D eigenvalue weighted by Gasteiger charge is -2.23. The van der Waals surface area contributed by atoms with Crippen molar-refractivity contribution >= 4 is 29.9 Å². The molecule has 0 aromatic heterocycles. The van der Waals surface area contributed by atoms with Gasteiger partial charge in [-0.25, -0.2) is 4.99 Å². The first kappa shape index (κ1) is 19.3. The van der Waals surface area contributed by atoms with E-state index < -0.39 is 0 Å². The van der Waals surface area contributed by atoms with Crippen molar-refractivity contribution in [1.82, 2.24) is 5.32 Å². The van der Waals surface area contributed by atoms with Crippen molar-refractivity contribution in [3.05, 3.63) is 29.8 Å². The van der Waals surface area contributed by atoms with E-state index in [1.807, 2.05) is 18.2 Å². The lowest BCUT2D eigenvalue weighted by molar-refractivity contribution is 0.208. The third kappa shape index (κ3) is 5.83. The fraction of sp³-hybridized carbons (Fsp3) is 0.632. The zero-order chi connectivity index (χ0) is 15.9. The molecule has 0 radical (unpaired) electrons. The Bertz CT molecular complexity index is 523. The molecule has 0 amide bonds. The van der Waals surface area contributed by atoms with Gasteiger partial charge < -0.3 is 15.8 Å². The predicted molar refractivity (Wildman–Crippen MR) is 110 cm³/mol. The van der Waals surface area contributed by atoms with Gasteiger partial charge in [0.15, 0.2) is 5.96 Å². The molecule has 0 aliphatic heterocycles. The van der Waals surface area contributed by atoms with Gasteiger partial charge in [0, 0.05) is 11.6 Å². The van der Waals surface area contributed by atoms with Crippen LogP contribution < -0.4 is 15.8 Å². The Morgan fingerprint density at radius 3 is 2.46 bits per heavy atom. The highest BCUT2D eigenvalue weighted by atomic mass is 127. The summed E-state index contributed by atoms with van der Waals surface area (Å²) in [5, 5.41) is 3.37. The smallest absolute Gasteiger partial charge is 0.189 e. The number of nitrogens with one attached hydrogen (secondary N) is 1. The van der Waals surface area contributed by atoms with Gasteiger partial charge in [0.2, 0.25) is 0 Å². The van der Waals surface area contributed by atoms with Crippen molar-refractivity contribution in [2.24, 2.45) is 10.7 Å². The molecule has 5 heteroatoms. The summed E-state index contributed by atoms with van der Waals surface area (Å²) in [4.78, 5) is 4.53. The Hall–Kier alpha value is -0.980. The standard InChI is InChI=1S/C19H29N3O.HI/c20-19(22-16-9-2-1-3-10-16)21-14-15-8-4-7-13-18(15)23-17-11-5-6-12-17;/h4,7-8,13,16-17H,1-3,5-6,9-12,14H2,(H3,20,21,22);1H. The molecule has 24 heavy (non-hydrogen) atoms. The van der Waals surface area contributed by atoms with E-state index in [1.165, 1.54) is 57.8 Å². The Morgan fingerprint density at radius 2 is 1.71 bits per heavy atom. The average Bonchev–Trinajstić information content (AvgIpc) is 3.08. The van der Waals surface area contributed by atoms with E-state index in [2.05, 4.69) is 16.4 Å². The highest BCUT2D eigenvalue weighted by molar-refractivity contribution is 14.0. The van der Waals surface area contributed by atoms with Gasteiger partial charge in [-0.2, -0.15) is 0 Å². The van der Waals surface area contributed by atoms with Crippen molar-refractivity contribution in [1.29, 1.82) is 0 Å². The lowest BCUT2D eigenvalue weighted by Crippen LogP contribution is -2.41. The molecule has 2 fully saturated rings. The first-order valence-electron chi connectivity index (χ1n) is 9.12. The van der Waals surface area contributed by atoms with E-state index in [1.54, 1.807) is 0 Å². The molecule has 1 aromatic carbocycles. The third-order valence-electron chi connectivity index (χ3n) is 4.95. The van der Waals surface area contributed by atoms with Crippen molar-refractivity contribution in [2.75, 3.05) is 0 Å². The molecule has 0 saturated heterocycles. The third-order valence-corrected chi connectivity index (χ3v) is 4.95. The van der Waals surface area contributed by atoms with Gasteiger partial charge in [0.25, 0.3) is 0 Å². The molecule has 1 aromatic rings. The van der Waals surface area contributed by atoms with E-state index in [0.29, 0.717) is 24.7 Å². The van der Waals surface area contributed by atoms with Crippen LogP contribution in [0.1, 0.15) is 63.4 Å². The van der Waals surface area contributed by atoms with Crippen LogP contribution in [0.25, 0.3) is 0 Å². The topological polar surface area (TPSA) is 59.6 Å². The maximum Gasteiger partial charge on any atom is 0.189 e. The van der Waals surface area contributed by atoms with E-state index in [0.717, 1.165) is 11.3 Å². The van der Waals surface area contributed by atoms with Gasteiger partial charge in [0.1, 0.15) is 5.75 Å². The monoisotopic (exact) mass is 443 g/mol. The number of hydrogen-bond donors (Lipinski definition) is 2. The van der Waals surface area contributed by atoms with Crippen molar-refractivity contribution in [3.8, 4) is 5.75 Å². The van der Waals surface area contributed by atoms with Gasteiger partial charge in [-0.15, -0.1) is 24.0 Å².